The number of hydrogen-bond donors (Lipinski definition) is 0. The molecular weight excluding hydrogens is 312 g/mol. The van der Waals surface area contributed by atoms with Crippen LogP contribution < -0.4 is 4.90 Å². The van der Waals surface area contributed by atoms with Crippen molar-refractivity contribution in [3.8, 4) is 0 Å². The van der Waals surface area contributed by atoms with Crippen LogP contribution in [0.15, 0.2) is 18.2 Å². The number of halogens is 1. The Morgan fingerprint density at radius 1 is 1.10 bits per heavy atom. The first-order valence-corrected chi connectivity index (χ1v) is 9.04. The Bertz CT molecular complexity index is 446. The summed E-state index contributed by atoms with van der Waals surface area (Å²) < 4.78 is 0. The number of rotatable bonds is 3. The third kappa shape index (κ3) is 3.04. The van der Waals surface area contributed by atoms with E-state index in [0.717, 1.165) is 11.4 Å². The largest absolute Gasteiger partial charge is 0.369 e. The van der Waals surface area contributed by atoms with E-state index in [4.69, 9.17) is 0 Å². The van der Waals surface area contributed by atoms with Gasteiger partial charge in [0.05, 0.1) is 0 Å². The van der Waals surface area contributed by atoms with E-state index in [1.165, 1.54) is 68.7 Å². The average Bonchev–Trinajstić information content (AvgIpc) is 3.01. The predicted molar refractivity (Wildman–Crippen MR) is 89.9 cm³/mol. The Kier molecular flexibility index (Phi) is 4.67. The normalized spacial score (nSPS) is 21.6. The minimum absolute atomic E-state index is 0.883. The molecule has 110 valence electrons. The molecule has 3 heteroatoms. The van der Waals surface area contributed by atoms with Gasteiger partial charge in [-0.2, -0.15) is 0 Å². The summed E-state index contributed by atoms with van der Waals surface area (Å²) in [6.45, 7) is 7.09. The number of hydrogen-bond acceptors (Lipinski definition) is 2. The lowest BCUT2D eigenvalue weighted by atomic mass is 10.1. The van der Waals surface area contributed by atoms with Gasteiger partial charge in [0.1, 0.15) is 0 Å². The van der Waals surface area contributed by atoms with E-state index in [9.17, 15) is 0 Å². The van der Waals surface area contributed by atoms with E-state index in [2.05, 4.69) is 50.9 Å². The van der Waals surface area contributed by atoms with E-state index in [0.29, 0.717) is 0 Å². The van der Waals surface area contributed by atoms with Crippen LogP contribution in [0.4, 0.5) is 5.69 Å². The summed E-state index contributed by atoms with van der Waals surface area (Å²) in [5.41, 5.74) is 4.22. The van der Waals surface area contributed by atoms with E-state index in [-0.39, 0.29) is 0 Å². The van der Waals surface area contributed by atoms with Gasteiger partial charge in [0.2, 0.25) is 0 Å². The Hall–Kier alpha value is -0.540. The Morgan fingerprint density at radius 3 is 2.40 bits per heavy atom. The van der Waals surface area contributed by atoms with Crippen molar-refractivity contribution in [1.82, 2.24) is 4.90 Å². The fraction of sp³-hybridized carbons (Fsp3) is 0.647. The topological polar surface area (TPSA) is 6.48 Å². The second kappa shape index (κ2) is 6.48. The Labute approximate surface area is 131 Å². The summed E-state index contributed by atoms with van der Waals surface area (Å²) in [4.78, 5) is 5.30. The number of anilines is 1. The van der Waals surface area contributed by atoms with E-state index in [1.54, 1.807) is 0 Å². The SMILES string of the molecule is Cc1cc(CBr)ccc1N1CCN(C2CCCC2)CC1. The summed E-state index contributed by atoms with van der Waals surface area (Å²) in [5.74, 6) is 0. The molecule has 0 radical (unpaired) electrons. The zero-order chi connectivity index (χ0) is 13.9. The van der Waals surface area contributed by atoms with Gasteiger partial charge < -0.3 is 4.90 Å². The third-order valence-corrected chi connectivity index (χ3v) is 5.56. The van der Waals surface area contributed by atoms with Crippen molar-refractivity contribution < 1.29 is 0 Å². The second-order valence-corrected chi connectivity index (χ2v) is 6.78. The molecule has 0 bridgehead atoms. The molecule has 0 N–H and O–H groups in total. The molecule has 1 saturated carbocycles. The van der Waals surface area contributed by atoms with Crippen LogP contribution in [0.1, 0.15) is 36.8 Å². The zero-order valence-corrected chi connectivity index (χ0v) is 14.0. The summed E-state index contributed by atoms with van der Waals surface area (Å²) in [7, 11) is 0. The molecule has 0 spiro atoms. The highest BCUT2D eigenvalue weighted by Gasteiger charge is 2.26. The molecule has 20 heavy (non-hydrogen) atoms. The van der Waals surface area contributed by atoms with Gasteiger partial charge in [-0.1, -0.05) is 40.9 Å². The van der Waals surface area contributed by atoms with Crippen molar-refractivity contribution in [1.29, 1.82) is 0 Å². The van der Waals surface area contributed by atoms with Crippen molar-refractivity contribution >= 4 is 21.6 Å². The Balaban J connectivity index is 1.62. The second-order valence-electron chi connectivity index (χ2n) is 6.22. The molecule has 1 aromatic carbocycles. The van der Waals surface area contributed by atoms with Crippen LogP contribution in [0, 0.1) is 6.92 Å². The summed E-state index contributed by atoms with van der Waals surface area (Å²) >= 11 is 3.54. The highest BCUT2D eigenvalue weighted by Crippen LogP contribution is 2.27. The lowest BCUT2D eigenvalue weighted by Crippen LogP contribution is -2.49. The molecule has 2 nitrogen and oxygen atoms in total. The molecule has 0 aromatic heterocycles. The number of benzene rings is 1. The number of alkyl halides is 1. The molecule has 1 heterocycles. The van der Waals surface area contributed by atoms with Crippen LogP contribution in [0.25, 0.3) is 0 Å². The van der Waals surface area contributed by atoms with Gasteiger partial charge in [0.25, 0.3) is 0 Å². The van der Waals surface area contributed by atoms with Crippen LogP contribution in [0.5, 0.6) is 0 Å². The van der Waals surface area contributed by atoms with Gasteiger partial charge in [-0.3, -0.25) is 4.90 Å². The molecule has 2 fully saturated rings. The average molecular weight is 337 g/mol. The van der Waals surface area contributed by atoms with Crippen LogP contribution in [-0.4, -0.2) is 37.1 Å². The molecule has 1 aliphatic heterocycles. The molecule has 0 amide bonds. The highest BCUT2D eigenvalue weighted by molar-refractivity contribution is 9.08. The van der Waals surface area contributed by atoms with Crippen LogP contribution >= 0.6 is 15.9 Å². The van der Waals surface area contributed by atoms with Gasteiger partial charge in [-0.15, -0.1) is 0 Å². The van der Waals surface area contributed by atoms with Gasteiger partial charge in [0.15, 0.2) is 0 Å². The quantitative estimate of drug-likeness (QED) is 0.771. The van der Waals surface area contributed by atoms with Crippen LogP contribution in [-0.2, 0) is 5.33 Å². The molecule has 1 saturated heterocycles. The highest BCUT2D eigenvalue weighted by atomic mass is 79.9. The van der Waals surface area contributed by atoms with Crippen molar-refractivity contribution in [2.45, 2.75) is 44.0 Å². The fourth-order valence-corrected chi connectivity index (χ4v) is 4.10. The van der Waals surface area contributed by atoms with Crippen molar-refractivity contribution in [2.75, 3.05) is 31.1 Å². The first kappa shape index (κ1) is 14.4. The molecule has 0 unspecified atom stereocenters. The monoisotopic (exact) mass is 336 g/mol. The molecular formula is C17H25BrN2. The summed E-state index contributed by atoms with van der Waals surface area (Å²) in [6.07, 6.45) is 5.74. The third-order valence-electron chi connectivity index (χ3n) is 4.91. The van der Waals surface area contributed by atoms with Crippen molar-refractivity contribution in [3.63, 3.8) is 0 Å². The lowest BCUT2D eigenvalue weighted by Gasteiger charge is -2.39. The van der Waals surface area contributed by atoms with E-state index < -0.39 is 0 Å². The predicted octanol–water partition coefficient (Wildman–Crippen LogP) is 3.95. The molecule has 2 aliphatic rings. The van der Waals surface area contributed by atoms with Gasteiger partial charge in [-0.25, -0.2) is 0 Å². The van der Waals surface area contributed by atoms with E-state index in [1.807, 2.05) is 0 Å². The maximum Gasteiger partial charge on any atom is 0.0397 e. The number of nitrogens with zero attached hydrogens (tertiary/aromatic N) is 2. The minimum atomic E-state index is 0.883. The number of aryl methyl sites for hydroxylation is 1. The zero-order valence-electron chi connectivity index (χ0n) is 12.4. The minimum Gasteiger partial charge on any atom is -0.369 e. The van der Waals surface area contributed by atoms with Gasteiger partial charge >= 0.3 is 0 Å². The molecule has 3 rings (SSSR count). The van der Waals surface area contributed by atoms with Gasteiger partial charge in [-0.05, 0) is 37.0 Å². The van der Waals surface area contributed by atoms with Crippen LogP contribution in [0.3, 0.4) is 0 Å². The summed E-state index contributed by atoms with van der Waals surface area (Å²) in [5, 5.41) is 0.948. The molecule has 1 aliphatic carbocycles. The first-order valence-electron chi connectivity index (χ1n) is 7.92. The fourth-order valence-electron chi connectivity index (χ4n) is 3.75. The molecule has 1 aromatic rings. The molecule has 0 atom stereocenters. The van der Waals surface area contributed by atoms with Crippen molar-refractivity contribution in [3.05, 3.63) is 29.3 Å². The Morgan fingerprint density at radius 2 is 1.80 bits per heavy atom. The smallest absolute Gasteiger partial charge is 0.0397 e. The van der Waals surface area contributed by atoms with E-state index >= 15 is 0 Å². The lowest BCUT2D eigenvalue weighted by molar-refractivity contribution is 0.187. The van der Waals surface area contributed by atoms with Crippen LogP contribution in [0.2, 0.25) is 0 Å². The summed E-state index contributed by atoms with van der Waals surface area (Å²) in [6, 6.07) is 7.75. The van der Waals surface area contributed by atoms with Crippen molar-refractivity contribution in [2.24, 2.45) is 0 Å². The number of piperazine rings is 1. The van der Waals surface area contributed by atoms with Gasteiger partial charge in [0, 0.05) is 43.2 Å². The maximum absolute atomic E-state index is 3.54. The standard InChI is InChI=1S/C17H25BrN2/c1-14-12-15(13-18)6-7-17(14)20-10-8-19(9-11-20)16-4-2-3-5-16/h6-7,12,16H,2-5,8-11,13H2,1H3. The maximum atomic E-state index is 3.54. The first-order chi connectivity index (χ1) is 9.78.